The summed E-state index contributed by atoms with van der Waals surface area (Å²) in [7, 11) is 0. The highest BCUT2D eigenvalue weighted by atomic mass is 16.3. The van der Waals surface area contributed by atoms with Crippen molar-refractivity contribution in [3.05, 3.63) is 39.5 Å². The van der Waals surface area contributed by atoms with E-state index in [1.807, 2.05) is 6.92 Å². The number of amides is 1. The third-order valence-corrected chi connectivity index (χ3v) is 5.36. The maximum atomic E-state index is 13.0. The van der Waals surface area contributed by atoms with Crippen molar-refractivity contribution in [1.29, 1.82) is 0 Å². The molecule has 0 radical (unpaired) electrons. The van der Waals surface area contributed by atoms with Crippen LogP contribution in [0, 0.1) is 0 Å². The highest BCUT2D eigenvalue weighted by Gasteiger charge is 2.33. The summed E-state index contributed by atoms with van der Waals surface area (Å²) in [5.41, 5.74) is 0.620. The van der Waals surface area contributed by atoms with Gasteiger partial charge in [0, 0.05) is 38.4 Å². The molecule has 0 saturated carbocycles. The van der Waals surface area contributed by atoms with Gasteiger partial charge in [-0.25, -0.2) is 9.89 Å². The Balaban J connectivity index is 1.59. The summed E-state index contributed by atoms with van der Waals surface area (Å²) in [5.74, 6) is 1.15. The van der Waals surface area contributed by atoms with Gasteiger partial charge in [0.25, 0.3) is 5.91 Å². The van der Waals surface area contributed by atoms with Crippen molar-refractivity contribution >= 4 is 11.7 Å². The quantitative estimate of drug-likeness (QED) is 0.900. The molecular weight excluding hydrogens is 336 g/mol. The molecule has 0 spiro atoms. The van der Waals surface area contributed by atoms with E-state index in [9.17, 15) is 14.4 Å². The summed E-state index contributed by atoms with van der Waals surface area (Å²) in [6, 6.07) is 0. The second-order valence-electron chi connectivity index (χ2n) is 6.95. The molecular formula is C18H22N4O4. The van der Waals surface area contributed by atoms with Gasteiger partial charge in [-0.1, -0.05) is 0 Å². The minimum atomic E-state index is -0.222. The molecule has 3 heterocycles. The van der Waals surface area contributed by atoms with Crippen LogP contribution in [0.5, 0.6) is 0 Å². The largest absolute Gasteiger partial charge is 0.468 e. The lowest BCUT2D eigenvalue weighted by Gasteiger charge is -2.32. The van der Waals surface area contributed by atoms with Crippen LogP contribution < -0.4 is 5.69 Å². The zero-order valence-corrected chi connectivity index (χ0v) is 14.8. The average Bonchev–Trinajstić information content (AvgIpc) is 3.25. The van der Waals surface area contributed by atoms with Gasteiger partial charge in [-0.3, -0.25) is 14.2 Å². The fourth-order valence-electron chi connectivity index (χ4n) is 4.07. The third-order valence-electron chi connectivity index (χ3n) is 5.36. The second kappa shape index (κ2) is 6.59. The highest BCUT2D eigenvalue weighted by molar-refractivity contribution is 6.09. The number of aromatic amines is 1. The molecule has 1 N–H and O–H groups in total. The molecule has 1 atom stereocenters. The van der Waals surface area contributed by atoms with E-state index in [0.29, 0.717) is 55.2 Å². The predicted molar refractivity (Wildman–Crippen MR) is 92.4 cm³/mol. The van der Waals surface area contributed by atoms with Gasteiger partial charge in [-0.05, 0) is 26.2 Å². The molecule has 8 nitrogen and oxygen atoms in total. The Morgan fingerprint density at radius 2 is 2.19 bits per heavy atom. The molecule has 26 heavy (non-hydrogen) atoms. The molecule has 4 rings (SSSR count). The van der Waals surface area contributed by atoms with Crippen LogP contribution in [-0.4, -0.2) is 44.4 Å². The first-order valence-corrected chi connectivity index (χ1v) is 9.18. The molecule has 1 amide bonds. The summed E-state index contributed by atoms with van der Waals surface area (Å²) >= 11 is 0. The number of fused-ring (bicyclic) bond motifs is 1. The van der Waals surface area contributed by atoms with Crippen LogP contribution in [0.2, 0.25) is 0 Å². The van der Waals surface area contributed by atoms with E-state index in [1.54, 1.807) is 9.47 Å². The Kier molecular flexibility index (Phi) is 4.26. The van der Waals surface area contributed by atoms with Crippen LogP contribution in [0.3, 0.4) is 0 Å². The van der Waals surface area contributed by atoms with Crippen molar-refractivity contribution in [2.24, 2.45) is 0 Å². The summed E-state index contributed by atoms with van der Waals surface area (Å²) in [6.45, 7) is 3.55. The summed E-state index contributed by atoms with van der Waals surface area (Å²) in [4.78, 5) is 38.9. The van der Waals surface area contributed by atoms with Gasteiger partial charge in [0.05, 0.1) is 11.1 Å². The highest BCUT2D eigenvalue weighted by Crippen LogP contribution is 2.30. The van der Waals surface area contributed by atoms with Crippen molar-refractivity contribution < 1.29 is 14.0 Å². The number of carbonyl (C=O) groups excluding carboxylic acids is 2. The monoisotopic (exact) mass is 358 g/mol. The number of carbonyl (C=O) groups is 2. The third kappa shape index (κ3) is 2.69. The number of aryl methyl sites for hydroxylation is 1. The number of rotatable bonds is 3. The average molecular weight is 358 g/mol. The Morgan fingerprint density at radius 1 is 1.35 bits per heavy atom. The fourth-order valence-corrected chi connectivity index (χ4v) is 4.07. The second-order valence-corrected chi connectivity index (χ2v) is 6.95. The number of aromatic nitrogens is 3. The number of likely N-dealkylation sites (tertiary alicyclic amines) is 1. The van der Waals surface area contributed by atoms with E-state index in [1.165, 1.54) is 6.26 Å². The number of piperidine rings is 1. The first-order valence-electron chi connectivity index (χ1n) is 9.18. The maximum Gasteiger partial charge on any atom is 0.343 e. The minimum Gasteiger partial charge on any atom is -0.468 e. The Hall–Kier alpha value is -2.64. The SMILES string of the molecule is CCn1c([C@H]2CCCN(C(=O)c3coc4c3C(=O)CCC4)C2)n[nH]c1=O. The van der Waals surface area contributed by atoms with Gasteiger partial charge in [0.15, 0.2) is 5.78 Å². The Labute approximate surface area is 150 Å². The topological polar surface area (TPSA) is 101 Å². The normalized spacial score (nSPS) is 20.3. The number of nitrogens with one attached hydrogen (secondary N) is 1. The molecule has 2 aliphatic rings. The van der Waals surface area contributed by atoms with Gasteiger partial charge in [0.1, 0.15) is 17.8 Å². The van der Waals surface area contributed by atoms with E-state index >= 15 is 0 Å². The van der Waals surface area contributed by atoms with Crippen LogP contribution in [0.15, 0.2) is 15.5 Å². The van der Waals surface area contributed by atoms with Gasteiger partial charge >= 0.3 is 5.69 Å². The van der Waals surface area contributed by atoms with Crippen molar-refractivity contribution in [1.82, 2.24) is 19.7 Å². The van der Waals surface area contributed by atoms with E-state index in [-0.39, 0.29) is 23.3 Å². The predicted octanol–water partition coefficient (Wildman–Crippen LogP) is 1.72. The van der Waals surface area contributed by atoms with Gasteiger partial charge in [0.2, 0.25) is 0 Å². The van der Waals surface area contributed by atoms with E-state index in [0.717, 1.165) is 19.3 Å². The standard InChI is InChI=1S/C18H22N4O4/c1-2-22-16(19-20-18(22)25)11-5-4-8-21(9-11)17(24)12-10-26-14-7-3-6-13(23)15(12)14/h10-11H,2-9H2,1H3,(H,20,25)/t11-/m0/s1. The van der Waals surface area contributed by atoms with Gasteiger partial charge < -0.3 is 9.32 Å². The van der Waals surface area contributed by atoms with Gasteiger partial charge in [-0.2, -0.15) is 5.10 Å². The molecule has 0 bridgehead atoms. The molecule has 1 saturated heterocycles. The molecule has 0 aromatic carbocycles. The molecule has 1 aliphatic heterocycles. The first kappa shape index (κ1) is 16.8. The minimum absolute atomic E-state index is 0.00466. The molecule has 0 unspecified atom stereocenters. The molecule has 1 fully saturated rings. The molecule has 2 aromatic rings. The van der Waals surface area contributed by atoms with E-state index in [4.69, 9.17) is 4.42 Å². The number of hydrogen-bond acceptors (Lipinski definition) is 5. The number of furan rings is 1. The van der Waals surface area contributed by atoms with Crippen molar-refractivity contribution in [3.8, 4) is 0 Å². The summed E-state index contributed by atoms with van der Waals surface area (Å²) in [5, 5.41) is 6.66. The van der Waals surface area contributed by atoms with Crippen molar-refractivity contribution in [2.75, 3.05) is 13.1 Å². The zero-order chi connectivity index (χ0) is 18.3. The number of H-pyrrole nitrogens is 1. The number of hydrogen-bond donors (Lipinski definition) is 1. The fraction of sp³-hybridized carbons (Fsp3) is 0.556. The molecule has 138 valence electrons. The lowest BCUT2D eigenvalue weighted by atomic mass is 9.92. The molecule has 1 aliphatic carbocycles. The lowest BCUT2D eigenvalue weighted by molar-refractivity contribution is 0.0698. The van der Waals surface area contributed by atoms with Gasteiger partial charge in [-0.15, -0.1) is 0 Å². The van der Waals surface area contributed by atoms with E-state index in [2.05, 4.69) is 10.2 Å². The maximum absolute atomic E-state index is 13.0. The number of ketones is 1. The Bertz CT molecular complexity index is 907. The first-order chi connectivity index (χ1) is 12.6. The van der Waals surface area contributed by atoms with Crippen LogP contribution in [0.4, 0.5) is 0 Å². The van der Waals surface area contributed by atoms with Crippen LogP contribution >= 0.6 is 0 Å². The lowest BCUT2D eigenvalue weighted by Crippen LogP contribution is -2.40. The summed E-state index contributed by atoms with van der Waals surface area (Å²) in [6.07, 6.45) is 5.06. The van der Waals surface area contributed by atoms with Crippen LogP contribution in [0.1, 0.15) is 70.8 Å². The molecule has 2 aromatic heterocycles. The molecule has 8 heteroatoms. The Morgan fingerprint density at radius 3 is 3.00 bits per heavy atom. The van der Waals surface area contributed by atoms with E-state index < -0.39 is 0 Å². The smallest absolute Gasteiger partial charge is 0.343 e. The number of nitrogens with zero attached hydrogens (tertiary/aromatic N) is 3. The zero-order valence-electron chi connectivity index (χ0n) is 14.8. The van der Waals surface area contributed by atoms with Crippen LogP contribution in [0.25, 0.3) is 0 Å². The van der Waals surface area contributed by atoms with Crippen LogP contribution in [-0.2, 0) is 13.0 Å². The van der Waals surface area contributed by atoms with Crippen molar-refractivity contribution in [2.45, 2.75) is 51.5 Å². The van der Waals surface area contributed by atoms with Crippen molar-refractivity contribution in [3.63, 3.8) is 0 Å². The summed E-state index contributed by atoms with van der Waals surface area (Å²) < 4.78 is 7.10. The number of Topliss-reactive ketones (excluding diaryl/α,β-unsaturated/α-hetero) is 1.